The van der Waals surface area contributed by atoms with Gasteiger partial charge in [-0.25, -0.2) is 4.79 Å². The number of benzene rings is 1. The molecular formula is C11H15NO3S. The maximum absolute atomic E-state index is 11.1. The van der Waals surface area contributed by atoms with Crippen LogP contribution in [0, 0.1) is 0 Å². The minimum atomic E-state index is -0.635. The molecule has 0 heterocycles. The molecule has 2 N–H and O–H groups in total. The lowest BCUT2D eigenvalue weighted by Crippen LogP contribution is -2.24. The van der Waals surface area contributed by atoms with E-state index in [0.717, 1.165) is 4.90 Å². The summed E-state index contributed by atoms with van der Waals surface area (Å²) in [4.78, 5) is 12.1. The summed E-state index contributed by atoms with van der Waals surface area (Å²) >= 11 is 1.56. The number of nitrogen functional groups attached to an aromatic ring is 1. The van der Waals surface area contributed by atoms with Gasteiger partial charge in [-0.2, -0.15) is 0 Å². The lowest BCUT2D eigenvalue weighted by atomic mass is 10.3. The molecule has 5 heteroatoms. The van der Waals surface area contributed by atoms with Crippen LogP contribution >= 0.6 is 11.8 Å². The number of carbonyl (C=O) groups is 1. The highest BCUT2D eigenvalue weighted by Crippen LogP contribution is 2.27. The molecule has 1 unspecified atom stereocenters. The van der Waals surface area contributed by atoms with Crippen molar-refractivity contribution in [1.82, 2.24) is 0 Å². The number of esters is 1. The summed E-state index contributed by atoms with van der Waals surface area (Å²) < 4.78 is 9.94. The van der Waals surface area contributed by atoms with Crippen LogP contribution < -0.4 is 10.5 Å². The van der Waals surface area contributed by atoms with E-state index in [-0.39, 0.29) is 0 Å². The summed E-state index contributed by atoms with van der Waals surface area (Å²) in [6, 6.07) is 5.34. The van der Waals surface area contributed by atoms with Gasteiger partial charge in [0.05, 0.1) is 7.11 Å². The molecule has 0 aromatic heterocycles. The molecule has 0 saturated heterocycles. The first kappa shape index (κ1) is 12.7. The summed E-state index contributed by atoms with van der Waals surface area (Å²) in [5.74, 6) is 0.153. The summed E-state index contributed by atoms with van der Waals surface area (Å²) in [5.41, 5.74) is 6.44. The summed E-state index contributed by atoms with van der Waals surface area (Å²) in [6.45, 7) is 1.63. The number of anilines is 1. The zero-order valence-corrected chi connectivity index (χ0v) is 10.3. The zero-order valence-electron chi connectivity index (χ0n) is 9.52. The topological polar surface area (TPSA) is 61.5 Å². The number of hydrogen-bond donors (Lipinski definition) is 1. The van der Waals surface area contributed by atoms with Gasteiger partial charge in [0.15, 0.2) is 6.10 Å². The quantitative estimate of drug-likeness (QED) is 0.496. The lowest BCUT2D eigenvalue weighted by molar-refractivity contribution is -0.147. The molecule has 1 atom stereocenters. The standard InChI is InChI=1S/C11H15NO3S/c1-7(11(13)14-2)15-8-4-5-10(16-3)9(12)6-8/h4-7H,12H2,1-3H3. The molecule has 16 heavy (non-hydrogen) atoms. The SMILES string of the molecule is COC(=O)C(C)Oc1ccc(SC)c(N)c1. The van der Waals surface area contributed by atoms with E-state index in [4.69, 9.17) is 10.5 Å². The Bertz CT molecular complexity index is 381. The Hall–Kier alpha value is -1.36. The molecule has 0 radical (unpaired) electrons. The highest BCUT2D eigenvalue weighted by molar-refractivity contribution is 7.98. The van der Waals surface area contributed by atoms with Crippen molar-refractivity contribution >= 4 is 23.4 Å². The Kier molecular flexibility index (Phi) is 4.49. The van der Waals surface area contributed by atoms with Crippen molar-refractivity contribution < 1.29 is 14.3 Å². The van der Waals surface area contributed by atoms with E-state index in [1.165, 1.54) is 7.11 Å². The molecule has 1 aromatic carbocycles. The van der Waals surface area contributed by atoms with Crippen LogP contribution in [0.2, 0.25) is 0 Å². The molecule has 0 fully saturated rings. The van der Waals surface area contributed by atoms with Crippen LogP contribution in [0.5, 0.6) is 5.75 Å². The normalized spacial score (nSPS) is 11.9. The van der Waals surface area contributed by atoms with E-state index < -0.39 is 12.1 Å². The van der Waals surface area contributed by atoms with Gasteiger partial charge in [-0.1, -0.05) is 0 Å². The average Bonchev–Trinajstić information content (AvgIpc) is 2.28. The summed E-state index contributed by atoms with van der Waals surface area (Å²) in [7, 11) is 1.33. The highest BCUT2D eigenvalue weighted by Gasteiger charge is 2.14. The molecular weight excluding hydrogens is 226 g/mol. The Labute approximate surface area is 99.1 Å². The third kappa shape index (κ3) is 3.06. The van der Waals surface area contributed by atoms with Crippen molar-refractivity contribution in [3.63, 3.8) is 0 Å². The van der Waals surface area contributed by atoms with E-state index in [2.05, 4.69) is 4.74 Å². The first-order valence-electron chi connectivity index (χ1n) is 4.76. The van der Waals surface area contributed by atoms with Gasteiger partial charge in [0.1, 0.15) is 5.75 Å². The second-order valence-electron chi connectivity index (χ2n) is 3.19. The van der Waals surface area contributed by atoms with E-state index in [1.54, 1.807) is 30.8 Å². The number of ether oxygens (including phenoxy) is 2. The van der Waals surface area contributed by atoms with Gasteiger partial charge in [-0.15, -0.1) is 11.8 Å². The number of carbonyl (C=O) groups excluding carboxylic acids is 1. The first-order valence-corrected chi connectivity index (χ1v) is 5.99. The third-order valence-corrected chi connectivity index (χ3v) is 2.86. The predicted octanol–water partition coefficient (Wildman–Crippen LogP) is 1.93. The molecule has 1 aromatic rings. The minimum absolute atomic E-state index is 0.410. The molecule has 1 rings (SSSR count). The van der Waals surface area contributed by atoms with Crippen molar-refractivity contribution in [3.8, 4) is 5.75 Å². The molecule has 0 spiro atoms. The molecule has 0 aliphatic carbocycles. The van der Waals surface area contributed by atoms with Crippen LogP contribution in [0.3, 0.4) is 0 Å². The number of thioether (sulfide) groups is 1. The molecule has 0 amide bonds. The van der Waals surface area contributed by atoms with Crippen molar-refractivity contribution in [2.24, 2.45) is 0 Å². The van der Waals surface area contributed by atoms with Crippen LogP contribution in [0.4, 0.5) is 5.69 Å². The molecule has 0 saturated carbocycles. The Balaban J connectivity index is 2.75. The van der Waals surface area contributed by atoms with Gasteiger partial charge in [-0.05, 0) is 25.3 Å². The monoisotopic (exact) mass is 241 g/mol. The number of nitrogens with two attached hydrogens (primary N) is 1. The summed E-state index contributed by atoms with van der Waals surface area (Å²) in [5, 5.41) is 0. The molecule has 88 valence electrons. The number of methoxy groups -OCH3 is 1. The highest BCUT2D eigenvalue weighted by atomic mass is 32.2. The number of rotatable bonds is 4. The van der Waals surface area contributed by atoms with Crippen molar-refractivity contribution in [3.05, 3.63) is 18.2 Å². The van der Waals surface area contributed by atoms with Crippen molar-refractivity contribution in [1.29, 1.82) is 0 Å². The van der Waals surface area contributed by atoms with E-state index >= 15 is 0 Å². The van der Waals surface area contributed by atoms with E-state index in [1.807, 2.05) is 12.3 Å². The summed E-state index contributed by atoms with van der Waals surface area (Å²) in [6.07, 6.45) is 1.31. The van der Waals surface area contributed by atoms with E-state index in [0.29, 0.717) is 11.4 Å². The second kappa shape index (κ2) is 5.65. The fraction of sp³-hybridized carbons (Fsp3) is 0.364. The van der Waals surface area contributed by atoms with Gasteiger partial charge in [0, 0.05) is 16.6 Å². The molecule has 0 aliphatic heterocycles. The third-order valence-electron chi connectivity index (χ3n) is 2.05. The van der Waals surface area contributed by atoms with Gasteiger partial charge in [0.25, 0.3) is 0 Å². The molecule has 0 aliphatic rings. The maximum atomic E-state index is 11.1. The Morgan fingerprint density at radius 3 is 2.69 bits per heavy atom. The predicted molar refractivity (Wildman–Crippen MR) is 64.7 cm³/mol. The van der Waals surface area contributed by atoms with Gasteiger partial charge >= 0.3 is 5.97 Å². The fourth-order valence-electron chi connectivity index (χ4n) is 1.20. The second-order valence-corrected chi connectivity index (χ2v) is 4.04. The Morgan fingerprint density at radius 2 is 2.19 bits per heavy atom. The largest absolute Gasteiger partial charge is 0.479 e. The fourth-order valence-corrected chi connectivity index (χ4v) is 1.70. The van der Waals surface area contributed by atoms with Crippen molar-refractivity contribution in [2.75, 3.05) is 19.1 Å². The van der Waals surface area contributed by atoms with Crippen LogP contribution in [-0.4, -0.2) is 25.4 Å². The smallest absolute Gasteiger partial charge is 0.346 e. The van der Waals surface area contributed by atoms with Crippen LogP contribution in [0.1, 0.15) is 6.92 Å². The van der Waals surface area contributed by atoms with Crippen molar-refractivity contribution in [2.45, 2.75) is 17.9 Å². The van der Waals surface area contributed by atoms with Gasteiger partial charge in [-0.3, -0.25) is 0 Å². The lowest BCUT2D eigenvalue weighted by Gasteiger charge is -2.13. The van der Waals surface area contributed by atoms with Crippen LogP contribution in [0.25, 0.3) is 0 Å². The van der Waals surface area contributed by atoms with Gasteiger partial charge in [0.2, 0.25) is 0 Å². The van der Waals surface area contributed by atoms with Crippen LogP contribution in [-0.2, 0) is 9.53 Å². The average molecular weight is 241 g/mol. The Morgan fingerprint density at radius 1 is 1.50 bits per heavy atom. The van der Waals surface area contributed by atoms with Gasteiger partial charge < -0.3 is 15.2 Å². The first-order chi connectivity index (χ1) is 7.58. The maximum Gasteiger partial charge on any atom is 0.346 e. The molecule has 4 nitrogen and oxygen atoms in total. The minimum Gasteiger partial charge on any atom is -0.479 e. The van der Waals surface area contributed by atoms with Crippen LogP contribution in [0.15, 0.2) is 23.1 Å². The number of hydrogen-bond acceptors (Lipinski definition) is 5. The van der Waals surface area contributed by atoms with E-state index in [9.17, 15) is 4.79 Å². The molecule has 0 bridgehead atoms. The zero-order chi connectivity index (χ0) is 12.1.